The lowest BCUT2D eigenvalue weighted by molar-refractivity contribution is -0.137. The maximum Gasteiger partial charge on any atom is 0.416 e. The molecule has 24 heavy (non-hydrogen) atoms. The Morgan fingerprint density at radius 3 is 2.58 bits per heavy atom. The van der Waals surface area contributed by atoms with Crippen molar-refractivity contribution in [3.63, 3.8) is 0 Å². The second-order valence-electron chi connectivity index (χ2n) is 5.41. The largest absolute Gasteiger partial charge is 0.416 e. The fourth-order valence-corrected chi connectivity index (χ4v) is 3.08. The minimum Gasteiger partial charge on any atom is -0.336 e. The van der Waals surface area contributed by atoms with Crippen molar-refractivity contribution in [2.45, 2.75) is 12.2 Å². The van der Waals surface area contributed by atoms with E-state index < -0.39 is 17.8 Å². The van der Waals surface area contributed by atoms with Gasteiger partial charge in [-0.2, -0.15) is 13.2 Å². The molecule has 8 heteroatoms. The summed E-state index contributed by atoms with van der Waals surface area (Å²) < 4.78 is 38.0. The molecule has 0 spiro atoms. The Morgan fingerprint density at radius 2 is 2.00 bits per heavy atom. The van der Waals surface area contributed by atoms with Gasteiger partial charge in [-0.15, -0.1) is 11.3 Å². The van der Waals surface area contributed by atoms with E-state index in [1.807, 2.05) is 36.5 Å². The molecular weight excluding hydrogens is 339 g/mol. The van der Waals surface area contributed by atoms with Gasteiger partial charge in [-0.25, -0.2) is 4.79 Å². The first-order chi connectivity index (χ1) is 11.3. The van der Waals surface area contributed by atoms with Gasteiger partial charge in [0.05, 0.1) is 11.6 Å². The molecule has 0 bridgehead atoms. The highest BCUT2D eigenvalue weighted by Crippen LogP contribution is 2.30. The highest BCUT2D eigenvalue weighted by Gasteiger charge is 2.30. The molecule has 0 radical (unpaired) electrons. The minimum absolute atomic E-state index is 0.00254. The number of carbonyl (C=O) groups excluding carboxylic acids is 1. The molecule has 0 fully saturated rings. The number of urea groups is 1. The maximum absolute atomic E-state index is 12.7. The zero-order valence-electron chi connectivity index (χ0n) is 13.2. The molecule has 1 unspecified atom stereocenters. The van der Waals surface area contributed by atoms with Gasteiger partial charge in [0, 0.05) is 17.1 Å². The number of alkyl halides is 3. The van der Waals surface area contributed by atoms with E-state index in [4.69, 9.17) is 0 Å². The summed E-state index contributed by atoms with van der Waals surface area (Å²) in [5.41, 5.74) is -0.704. The standard InChI is InChI=1S/C16H18F3N3OS/c1-22(2)13(14-7-4-8-24-14)10-20-15(23)21-12-6-3-5-11(9-12)16(17,18)19/h3-9,13H,10H2,1-2H3,(H2,20,21,23). The van der Waals surface area contributed by atoms with Gasteiger partial charge in [-0.1, -0.05) is 12.1 Å². The molecule has 2 amide bonds. The van der Waals surface area contributed by atoms with Gasteiger partial charge >= 0.3 is 12.2 Å². The molecule has 1 atom stereocenters. The Bertz CT molecular complexity index is 671. The second-order valence-corrected chi connectivity index (χ2v) is 6.39. The smallest absolute Gasteiger partial charge is 0.336 e. The molecule has 0 saturated carbocycles. The Labute approximate surface area is 142 Å². The van der Waals surface area contributed by atoms with Crippen LogP contribution in [0.15, 0.2) is 41.8 Å². The summed E-state index contributed by atoms with van der Waals surface area (Å²) in [4.78, 5) is 15.0. The number of carbonyl (C=O) groups is 1. The van der Waals surface area contributed by atoms with Crippen LogP contribution in [-0.4, -0.2) is 31.6 Å². The monoisotopic (exact) mass is 357 g/mol. The summed E-state index contributed by atoms with van der Waals surface area (Å²) >= 11 is 1.58. The number of rotatable bonds is 5. The second kappa shape index (κ2) is 7.67. The fourth-order valence-electron chi connectivity index (χ4n) is 2.16. The first-order valence-electron chi connectivity index (χ1n) is 7.19. The van der Waals surface area contributed by atoms with Gasteiger partial charge in [-0.3, -0.25) is 0 Å². The van der Waals surface area contributed by atoms with Crippen LogP contribution in [-0.2, 0) is 6.18 Å². The zero-order chi connectivity index (χ0) is 17.7. The van der Waals surface area contributed by atoms with E-state index in [1.165, 1.54) is 12.1 Å². The lowest BCUT2D eigenvalue weighted by Gasteiger charge is -2.23. The van der Waals surface area contributed by atoms with Crippen LogP contribution < -0.4 is 10.6 Å². The number of hydrogen-bond donors (Lipinski definition) is 2. The van der Waals surface area contributed by atoms with Crippen LogP contribution in [0.25, 0.3) is 0 Å². The van der Waals surface area contributed by atoms with Crippen molar-refractivity contribution in [1.29, 1.82) is 0 Å². The molecule has 2 rings (SSSR count). The van der Waals surface area contributed by atoms with E-state index in [9.17, 15) is 18.0 Å². The minimum atomic E-state index is -4.44. The molecule has 1 aromatic carbocycles. The molecule has 4 nitrogen and oxygen atoms in total. The molecule has 1 aromatic heterocycles. The molecule has 2 N–H and O–H groups in total. The summed E-state index contributed by atoms with van der Waals surface area (Å²) in [5, 5.41) is 7.07. The number of nitrogens with zero attached hydrogens (tertiary/aromatic N) is 1. The number of anilines is 1. The normalized spacial score (nSPS) is 12.9. The molecule has 0 aliphatic rings. The van der Waals surface area contributed by atoms with Crippen molar-refractivity contribution in [3.05, 3.63) is 52.2 Å². The Hall–Kier alpha value is -2.06. The van der Waals surface area contributed by atoms with Gasteiger partial charge in [0.2, 0.25) is 0 Å². The number of benzene rings is 1. The summed E-state index contributed by atoms with van der Waals surface area (Å²) in [6.45, 7) is 0.346. The third-order valence-electron chi connectivity index (χ3n) is 3.40. The van der Waals surface area contributed by atoms with E-state index >= 15 is 0 Å². The average Bonchev–Trinajstić information content (AvgIpc) is 3.00. The van der Waals surface area contributed by atoms with Crippen molar-refractivity contribution in [1.82, 2.24) is 10.2 Å². The summed E-state index contributed by atoms with van der Waals surface area (Å²) in [6.07, 6.45) is -4.44. The molecule has 1 heterocycles. The van der Waals surface area contributed by atoms with Gasteiger partial charge in [0.1, 0.15) is 0 Å². The van der Waals surface area contributed by atoms with Crippen LogP contribution in [0.3, 0.4) is 0 Å². The first-order valence-corrected chi connectivity index (χ1v) is 8.07. The molecule has 0 aliphatic heterocycles. The number of thiophene rings is 1. The van der Waals surface area contributed by atoms with Crippen molar-refractivity contribution in [2.75, 3.05) is 26.0 Å². The molecular formula is C16H18F3N3OS. The van der Waals surface area contributed by atoms with Crippen LogP contribution in [0, 0.1) is 0 Å². The highest BCUT2D eigenvalue weighted by atomic mass is 32.1. The van der Waals surface area contributed by atoms with Crippen molar-refractivity contribution in [2.24, 2.45) is 0 Å². The van der Waals surface area contributed by atoms with Crippen molar-refractivity contribution < 1.29 is 18.0 Å². The number of amides is 2. The number of halogens is 3. The predicted molar refractivity (Wildman–Crippen MR) is 89.2 cm³/mol. The fraction of sp³-hybridized carbons (Fsp3) is 0.312. The summed E-state index contributed by atoms with van der Waals surface area (Å²) in [5.74, 6) is 0. The first kappa shape index (κ1) is 18.3. The Kier molecular flexibility index (Phi) is 5.84. The summed E-state index contributed by atoms with van der Waals surface area (Å²) in [6, 6.07) is 7.89. The molecule has 0 aliphatic carbocycles. The lowest BCUT2D eigenvalue weighted by Crippen LogP contribution is -2.36. The van der Waals surface area contributed by atoms with E-state index in [-0.39, 0.29) is 11.7 Å². The van der Waals surface area contributed by atoms with Gasteiger partial charge < -0.3 is 15.5 Å². The van der Waals surface area contributed by atoms with E-state index in [0.29, 0.717) is 6.54 Å². The lowest BCUT2D eigenvalue weighted by atomic mass is 10.2. The van der Waals surface area contributed by atoms with Crippen LogP contribution >= 0.6 is 11.3 Å². The third kappa shape index (κ3) is 4.97. The number of nitrogens with one attached hydrogen (secondary N) is 2. The molecule has 130 valence electrons. The third-order valence-corrected chi connectivity index (χ3v) is 4.37. The maximum atomic E-state index is 12.7. The predicted octanol–water partition coefficient (Wildman–Crippen LogP) is 4.19. The quantitative estimate of drug-likeness (QED) is 0.843. The van der Waals surface area contributed by atoms with E-state index in [0.717, 1.165) is 17.0 Å². The van der Waals surface area contributed by atoms with Gasteiger partial charge in [-0.05, 0) is 43.7 Å². The van der Waals surface area contributed by atoms with Crippen LogP contribution in [0.1, 0.15) is 16.5 Å². The Morgan fingerprint density at radius 1 is 1.25 bits per heavy atom. The number of hydrogen-bond acceptors (Lipinski definition) is 3. The van der Waals surface area contributed by atoms with E-state index in [2.05, 4.69) is 10.6 Å². The molecule has 2 aromatic rings. The van der Waals surface area contributed by atoms with Crippen molar-refractivity contribution >= 4 is 23.1 Å². The van der Waals surface area contributed by atoms with E-state index in [1.54, 1.807) is 11.3 Å². The van der Waals surface area contributed by atoms with Crippen LogP contribution in [0.4, 0.5) is 23.7 Å². The van der Waals surface area contributed by atoms with Gasteiger partial charge in [0.25, 0.3) is 0 Å². The average molecular weight is 357 g/mol. The van der Waals surface area contributed by atoms with Crippen molar-refractivity contribution in [3.8, 4) is 0 Å². The topological polar surface area (TPSA) is 44.4 Å². The van der Waals surface area contributed by atoms with Gasteiger partial charge in [0.15, 0.2) is 0 Å². The molecule has 0 saturated heterocycles. The zero-order valence-corrected chi connectivity index (χ0v) is 14.0. The summed E-state index contributed by atoms with van der Waals surface area (Å²) in [7, 11) is 3.80. The Balaban J connectivity index is 1.96. The SMILES string of the molecule is CN(C)C(CNC(=O)Nc1cccc(C(F)(F)F)c1)c1cccs1. The van der Waals surface area contributed by atoms with Crippen LogP contribution in [0.5, 0.6) is 0 Å². The van der Waals surface area contributed by atoms with Crippen LogP contribution in [0.2, 0.25) is 0 Å². The highest BCUT2D eigenvalue weighted by molar-refractivity contribution is 7.10. The number of likely N-dealkylation sites (N-methyl/N-ethyl adjacent to an activating group) is 1.